The van der Waals surface area contributed by atoms with Crippen molar-refractivity contribution in [2.75, 3.05) is 27.4 Å². The number of methoxy groups -OCH3 is 2. The van der Waals surface area contributed by atoms with Crippen molar-refractivity contribution in [2.45, 2.75) is 40.4 Å². The first-order chi connectivity index (χ1) is 8.18. The Labute approximate surface area is 113 Å². The molecule has 0 radical (unpaired) electrons. The maximum atomic E-state index is 9.44. The number of ether oxygens (including phenoxy) is 2. The van der Waals surface area contributed by atoms with Gasteiger partial charge < -0.3 is 25.9 Å². The van der Waals surface area contributed by atoms with Gasteiger partial charge in [0.1, 0.15) is 5.78 Å². The molecule has 0 heterocycles. The van der Waals surface area contributed by atoms with E-state index in [0.717, 1.165) is 0 Å². The smallest absolute Gasteiger partial charge is 0.161 e. The van der Waals surface area contributed by atoms with Crippen molar-refractivity contribution in [1.82, 2.24) is 0 Å². The molecule has 0 aromatic rings. The molecule has 0 fully saturated rings. The predicted molar refractivity (Wildman–Crippen MR) is 75.6 cm³/mol. The van der Waals surface area contributed by atoms with E-state index in [0.29, 0.717) is 0 Å². The van der Waals surface area contributed by atoms with Crippen molar-refractivity contribution in [3.05, 3.63) is 12.7 Å². The zero-order chi connectivity index (χ0) is 15.6. The molecule has 0 saturated carbocycles. The number of Topliss-reactive ketones (excluding diaryl/α,β-unsaturated/α-hetero) is 1. The minimum atomic E-state index is -0.417. The lowest BCUT2D eigenvalue weighted by atomic mass is 10.4. The number of ketones is 1. The average Bonchev–Trinajstić information content (AvgIpc) is 2.30. The van der Waals surface area contributed by atoms with E-state index in [-0.39, 0.29) is 20.4 Å². The first-order valence-electron chi connectivity index (χ1n) is 5.55. The Balaban J connectivity index is -0.0000000478. The Bertz CT molecular complexity index is 160. The third kappa shape index (κ3) is 79.3. The van der Waals surface area contributed by atoms with Crippen LogP contribution in [0.2, 0.25) is 0 Å². The van der Waals surface area contributed by atoms with Crippen LogP contribution in [0.1, 0.15) is 36.0 Å². The maximum Gasteiger partial charge on any atom is 0.161 e. The van der Waals surface area contributed by atoms with Crippen molar-refractivity contribution in [2.24, 2.45) is 0 Å². The van der Waals surface area contributed by atoms with Crippen LogP contribution in [0, 0.1) is 0 Å². The normalized spacial score (nSPS) is 8.50. The van der Waals surface area contributed by atoms with E-state index >= 15 is 0 Å². The number of allylic oxidation sites excluding steroid dienone is 1. The monoisotopic (exact) mass is 267 g/mol. The van der Waals surface area contributed by atoms with Crippen LogP contribution in [0.5, 0.6) is 0 Å². The highest BCUT2D eigenvalue weighted by Gasteiger charge is 2.11. The van der Waals surface area contributed by atoms with Gasteiger partial charge in [0.2, 0.25) is 0 Å². The Hall–Kier alpha value is -0.750. The number of aliphatic hydroxyl groups is 2. The summed E-state index contributed by atoms with van der Waals surface area (Å²) in [5.74, 6) is -0.250. The Morgan fingerprint density at radius 2 is 1.39 bits per heavy atom. The number of carbonyl (C=O) groups is 1. The van der Waals surface area contributed by atoms with Gasteiger partial charge in [0.05, 0.1) is 13.2 Å². The fourth-order valence-electron chi connectivity index (χ4n) is 0.0833. The van der Waals surface area contributed by atoms with Gasteiger partial charge in [0.15, 0.2) is 5.79 Å². The van der Waals surface area contributed by atoms with Crippen molar-refractivity contribution >= 4 is 5.78 Å². The Morgan fingerprint density at radius 1 is 1.22 bits per heavy atom. The number of hydrogen-bond donors (Lipinski definition) is 2. The van der Waals surface area contributed by atoms with Crippen molar-refractivity contribution in [3.8, 4) is 0 Å². The highest BCUT2D eigenvalue weighted by molar-refractivity contribution is 5.72. The van der Waals surface area contributed by atoms with Gasteiger partial charge in [-0.3, -0.25) is 0 Å². The highest BCUT2D eigenvalue weighted by Crippen LogP contribution is 2.05. The molecule has 0 aromatic carbocycles. The van der Waals surface area contributed by atoms with Crippen LogP contribution in [0.3, 0.4) is 0 Å². The van der Waals surface area contributed by atoms with Crippen LogP contribution in [-0.2, 0) is 14.3 Å². The molecule has 0 atom stereocenters. The molecule has 2 N–H and O–H groups in total. The molecule has 0 aliphatic carbocycles. The first kappa shape index (κ1) is 25.9. The summed E-state index contributed by atoms with van der Waals surface area (Å²) >= 11 is 0. The lowest BCUT2D eigenvalue weighted by Crippen LogP contribution is -2.24. The predicted octanol–water partition coefficient (Wildman–Crippen LogP) is 1.89. The molecule has 0 aliphatic rings. The average molecular weight is 267 g/mol. The number of carbonyl (C=O) groups excluding carboxylic acids is 1. The molecule has 114 valence electrons. The largest absolute Gasteiger partial charge is 1.00 e. The summed E-state index contributed by atoms with van der Waals surface area (Å²) in [5.41, 5.74) is 0. The molecule has 0 aromatic heterocycles. The van der Waals surface area contributed by atoms with Gasteiger partial charge in [0.25, 0.3) is 0 Å². The van der Waals surface area contributed by atoms with Gasteiger partial charge in [-0.25, -0.2) is 0 Å². The molecule has 5 nitrogen and oxygen atoms in total. The zero-order valence-electron chi connectivity index (χ0n) is 13.8. The summed E-state index contributed by atoms with van der Waals surface area (Å²) in [5, 5.41) is 15.2. The molecule has 0 unspecified atom stereocenters. The van der Waals surface area contributed by atoms with Gasteiger partial charge >= 0.3 is 0 Å². The fourth-order valence-corrected chi connectivity index (χ4v) is 0.0833. The van der Waals surface area contributed by atoms with Crippen LogP contribution >= 0.6 is 0 Å². The quantitative estimate of drug-likeness (QED) is 0.603. The topological polar surface area (TPSA) is 76.0 Å². The second kappa shape index (κ2) is 21.5. The second-order valence-electron chi connectivity index (χ2n) is 3.57. The van der Waals surface area contributed by atoms with Crippen LogP contribution in [0.15, 0.2) is 12.7 Å². The lowest BCUT2D eigenvalue weighted by Gasteiger charge is -2.19. The van der Waals surface area contributed by atoms with Gasteiger partial charge in [-0.15, -0.1) is 6.58 Å². The summed E-state index contributed by atoms with van der Waals surface area (Å²) in [6.45, 7) is 11.8. The Kier molecular flexibility index (Phi) is 31.0. The van der Waals surface area contributed by atoms with Crippen LogP contribution < -0.4 is 0 Å². The lowest BCUT2D eigenvalue weighted by molar-refractivity contribution is -0.178. The highest BCUT2D eigenvalue weighted by atomic mass is 16.7. The van der Waals surface area contributed by atoms with Crippen molar-refractivity contribution in [1.29, 1.82) is 0 Å². The first-order valence-corrected chi connectivity index (χ1v) is 5.55. The van der Waals surface area contributed by atoms with Crippen LogP contribution in [-0.4, -0.2) is 49.2 Å². The summed E-state index contributed by atoms with van der Waals surface area (Å²) in [6.07, 6.45) is 1.75. The molecule has 0 spiro atoms. The van der Waals surface area contributed by atoms with E-state index in [1.807, 2.05) is 20.8 Å². The van der Waals surface area contributed by atoms with E-state index in [1.165, 1.54) is 13.8 Å². The molecule has 0 saturated heterocycles. The number of aliphatic hydroxyl groups excluding tert-OH is 2. The minimum Gasteiger partial charge on any atom is -1.00 e. The van der Waals surface area contributed by atoms with Crippen molar-refractivity contribution in [3.63, 3.8) is 0 Å². The minimum absolute atomic E-state index is 0. The molecule has 0 aliphatic heterocycles. The number of rotatable bonds is 3. The SMILES string of the molecule is C=CC.CC(C)=O.COC(C)(C)OC.OCCO.[H-]. The van der Waals surface area contributed by atoms with Gasteiger partial charge in [-0.05, 0) is 34.6 Å². The number of hydrogen-bond acceptors (Lipinski definition) is 5. The van der Waals surface area contributed by atoms with E-state index < -0.39 is 5.79 Å². The third-order valence-electron chi connectivity index (χ3n) is 1.08. The van der Waals surface area contributed by atoms with Crippen LogP contribution in [0.25, 0.3) is 0 Å². The summed E-state index contributed by atoms with van der Waals surface area (Å²) < 4.78 is 9.73. The van der Waals surface area contributed by atoms with Gasteiger partial charge in [-0.1, -0.05) is 6.08 Å². The third-order valence-corrected chi connectivity index (χ3v) is 1.08. The molecule has 0 rings (SSSR count). The molecule has 5 heteroatoms. The molecule has 0 bridgehead atoms. The van der Waals surface area contributed by atoms with E-state index in [2.05, 4.69) is 6.58 Å². The van der Waals surface area contributed by atoms with Crippen LogP contribution in [0.4, 0.5) is 0 Å². The van der Waals surface area contributed by atoms with Gasteiger partial charge in [-0.2, -0.15) is 0 Å². The fraction of sp³-hybridized carbons (Fsp3) is 0.769. The summed E-state index contributed by atoms with van der Waals surface area (Å²) in [6, 6.07) is 0. The molecule has 18 heavy (non-hydrogen) atoms. The van der Waals surface area contributed by atoms with Gasteiger partial charge in [0, 0.05) is 14.2 Å². The van der Waals surface area contributed by atoms with E-state index in [1.54, 1.807) is 20.3 Å². The maximum absolute atomic E-state index is 9.44. The summed E-state index contributed by atoms with van der Waals surface area (Å²) in [7, 11) is 3.23. The van der Waals surface area contributed by atoms with E-state index in [9.17, 15) is 4.79 Å². The molecular formula is C13H31O5-. The van der Waals surface area contributed by atoms with Crippen molar-refractivity contribution < 1.29 is 25.9 Å². The molecule has 0 amide bonds. The standard InChI is InChI=1S/C5H12O2.C3H6O.C3H6.C2H6O2.H/c1-5(2,6-3)7-4;1-3(2)4;1-3-2;3-1-2-4;/h1-4H3;1-2H3;3H,1H2,2H3;3-4H,1-2H2;/q;;;;-1. The zero-order valence-corrected chi connectivity index (χ0v) is 12.8. The summed E-state index contributed by atoms with van der Waals surface area (Å²) in [4.78, 5) is 9.44. The Morgan fingerprint density at radius 3 is 1.39 bits per heavy atom. The molecular weight excluding hydrogens is 236 g/mol. The van der Waals surface area contributed by atoms with E-state index in [4.69, 9.17) is 19.7 Å². The second-order valence-corrected chi connectivity index (χ2v) is 3.57.